The third-order valence-electron chi connectivity index (χ3n) is 14.8. The van der Waals surface area contributed by atoms with Gasteiger partial charge in [-0.25, -0.2) is 38.7 Å². The number of ketones is 1. The fourth-order valence-electron chi connectivity index (χ4n) is 9.22. The number of carbonyl (C=O) groups is 10. The van der Waals surface area contributed by atoms with Gasteiger partial charge in [-0.05, 0) is 132 Å². The number of aliphatic hydroxyl groups is 2. The number of unbranched alkanes of at least 4 members (excludes halogenated alkanes) is 6. The summed E-state index contributed by atoms with van der Waals surface area (Å²) in [5, 5.41) is 32.9. The summed E-state index contributed by atoms with van der Waals surface area (Å²) in [7, 11) is 0. The molecule has 4 rings (SSSR count). The standard InChI is InChI=1S/C22H31BrO6.C21H33N5O7.C18H31N5O5.C11H13BrO2.C6H10O3/c1-16(25)22(5,23)15-21(4,19(27)28-12-11-24)14-20(2,3)18(26)29-13-17-9-7-6-8-10-17;1-15(2)18(28)32-12-10-31-11-13-33-21(30)23-9-7-5-4-6-8-22-20(29)26-19-24-16(3)14-17(27)25-19;1-3-10-27-11-12-28-18(26)20-9-7-5-4-6-8-19-17(25)23-16-21-14(2)13-15(24)22-16;1-11(2,12)10(13)14-8-9-6-4-3-5-7-9;1-5(2)6(8)9-4-3-7/h6-10,24H,11-15H2,1-5H3;14H,1,4-13H2,2-3H3,(H,23,30)(H3,22,24,25,26,27,29);13H,3-12H2,1-2H3,(H,20,26)(H3,19,21,22,23,24,25);3-7H,8H2,1-2H3;7H,1,3-4H2,2H3. The fourth-order valence-corrected chi connectivity index (χ4v) is 9.96. The number of halogens is 2. The number of aromatic nitrogens is 4. The number of ether oxygens (including phenoxy) is 9. The van der Waals surface area contributed by atoms with Crippen LogP contribution in [-0.2, 0) is 84.6 Å². The van der Waals surface area contributed by atoms with Crippen LogP contribution in [0.25, 0.3) is 0 Å². The summed E-state index contributed by atoms with van der Waals surface area (Å²) in [6, 6.07) is 20.8. The predicted octanol–water partition coefficient (Wildman–Crippen LogP) is 10.4. The summed E-state index contributed by atoms with van der Waals surface area (Å²) in [6.45, 7) is 30.9. The van der Waals surface area contributed by atoms with Crippen LogP contribution in [0.1, 0.15) is 162 Å². The van der Waals surface area contributed by atoms with E-state index in [0.717, 1.165) is 68.9 Å². The van der Waals surface area contributed by atoms with E-state index in [-0.39, 0.29) is 114 Å². The molecule has 35 heteroatoms. The number of nitrogens with one attached hydrogen (secondary N) is 8. The van der Waals surface area contributed by atoms with Crippen molar-refractivity contribution >= 4 is 104 Å². The van der Waals surface area contributed by atoms with E-state index in [9.17, 15) is 57.5 Å². The van der Waals surface area contributed by atoms with Gasteiger partial charge < -0.3 is 74.1 Å². The van der Waals surface area contributed by atoms with E-state index in [1.165, 1.54) is 19.1 Å². The molecule has 2 unspecified atom stereocenters. The summed E-state index contributed by atoms with van der Waals surface area (Å²) in [5.74, 6) is -2.09. The molecular weight excluding hydrogens is 1600 g/mol. The van der Waals surface area contributed by atoms with Crippen molar-refractivity contribution in [2.45, 2.75) is 176 Å². The van der Waals surface area contributed by atoms with Gasteiger partial charge in [0.05, 0.1) is 48.2 Å². The number of aromatic amines is 2. The first-order valence-corrected chi connectivity index (χ1v) is 38.5. The number of carbonyl (C=O) groups excluding carboxylic acids is 10. The molecule has 0 bridgehead atoms. The van der Waals surface area contributed by atoms with Gasteiger partial charge in [0.1, 0.15) is 56.4 Å². The molecule has 2 aromatic heterocycles. The van der Waals surface area contributed by atoms with Crippen LogP contribution in [-0.4, -0.2) is 198 Å². The number of aryl methyl sites for hydroxylation is 2. The van der Waals surface area contributed by atoms with Gasteiger partial charge in [-0.3, -0.25) is 49.4 Å². The molecule has 6 amide bonds. The molecule has 33 nitrogen and oxygen atoms in total. The van der Waals surface area contributed by atoms with Gasteiger partial charge in [-0.1, -0.05) is 138 Å². The van der Waals surface area contributed by atoms with Crippen molar-refractivity contribution in [3.8, 4) is 0 Å². The van der Waals surface area contributed by atoms with Crippen molar-refractivity contribution in [3.63, 3.8) is 0 Å². The zero-order valence-corrected chi connectivity index (χ0v) is 70.4. The number of urea groups is 2. The Morgan fingerprint density at radius 3 is 1.21 bits per heavy atom. The number of aliphatic hydroxyl groups excluding tert-OH is 2. The minimum atomic E-state index is -1.14. The van der Waals surface area contributed by atoms with Crippen molar-refractivity contribution in [3.05, 3.63) is 140 Å². The topological polar surface area (TPSA) is 458 Å². The molecule has 0 spiro atoms. The molecule has 0 aliphatic rings. The first-order chi connectivity index (χ1) is 53.3. The lowest BCUT2D eigenvalue weighted by atomic mass is 9.69. The summed E-state index contributed by atoms with van der Waals surface area (Å²) >= 11 is 6.64. The molecule has 0 fully saturated rings. The second-order valence-corrected chi connectivity index (χ2v) is 30.7. The number of hydrogen-bond acceptors (Lipinski definition) is 25. The Labute approximate surface area is 678 Å². The first kappa shape index (κ1) is 104. The summed E-state index contributed by atoms with van der Waals surface area (Å²) < 4.78 is 43.8. The van der Waals surface area contributed by atoms with Crippen LogP contribution in [0.3, 0.4) is 0 Å². The zero-order valence-electron chi connectivity index (χ0n) is 67.3. The van der Waals surface area contributed by atoms with Crippen LogP contribution < -0.4 is 43.0 Å². The maximum atomic E-state index is 12.8. The highest BCUT2D eigenvalue weighted by Gasteiger charge is 2.48. The molecule has 2 atom stereocenters. The number of nitrogens with zero attached hydrogens (tertiary/aromatic N) is 2. The van der Waals surface area contributed by atoms with Gasteiger partial charge in [-0.2, -0.15) is 0 Å². The average Bonchev–Trinajstić information content (AvgIpc) is 0.791. The molecule has 4 aromatic rings. The Morgan fingerprint density at radius 2 is 0.841 bits per heavy atom. The Bertz CT molecular complexity index is 3650. The van der Waals surface area contributed by atoms with E-state index < -0.39 is 67.6 Å². The van der Waals surface area contributed by atoms with Crippen LogP contribution in [0.2, 0.25) is 0 Å². The quantitative estimate of drug-likeness (QED) is 0.00646. The number of rotatable bonds is 45. The first-order valence-electron chi connectivity index (χ1n) is 36.9. The van der Waals surface area contributed by atoms with Crippen LogP contribution in [0.15, 0.2) is 107 Å². The van der Waals surface area contributed by atoms with Crippen molar-refractivity contribution in [2.75, 3.05) is 109 Å². The van der Waals surface area contributed by atoms with Gasteiger partial charge in [0.25, 0.3) is 11.1 Å². The number of alkyl halides is 2. The highest BCUT2D eigenvalue weighted by atomic mass is 79.9. The molecule has 0 radical (unpaired) electrons. The molecule has 632 valence electrons. The van der Waals surface area contributed by atoms with E-state index in [4.69, 9.17) is 48.1 Å². The number of anilines is 2. The van der Waals surface area contributed by atoms with Gasteiger partial charge in [-0.15, -0.1) is 0 Å². The molecule has 0 saturated heterocycles. The molecule has 113 heavy (non-hydrogen) atoms. The number of benzene rings is 2. The number of hydrogen-bond donors (Lipinski definition) is 10. The number of amides is 6. The average molecular weight is 1720 g/mol. The minimum Gasteiger partial charge on any atom is -0.463 e. The highest BCUT2D eigenvalue weighted by Crippen LogP contribution is 2.44. The van der Waals surface area contributed by atoms with E-state index in [0.29, 0.717) is 68.5 Å². The maximum absolute atomic E-state index is 12.8. The molecular formula is C78H118Br2N10O23. The van der Waals surface area contributed by atoms with E-state index in [2.05, 4.69) is 102 Å². The van der Waals surface area contributed by atoms with Gasteiger partial charge in [0.2, 0.25) is 11.9 Å². The van der Waals surface area contributed by atoms with E-state index in [1.807, 2.05) is 67.6 Å². The Kier molecular flexibility index (Phi) is 54.4. The number of alkyl carbamates (subject to hydrolysis) is 2. The SMILES string of the molecule is C=C(C)C(=O)OCCO.C=C(C)C(=O)OCCOCCOC(=O)NCCCCCCNC(=O)Nc1nc(C)cc(=O)[nH]1.CC(=O)C(C)(Br)CC(C)(CC(C)(C)C(=O)OCc1ccccc1)C(=O)OCCO.CC(C)(Br)C(=O)OCc1ccccc1.CCCOCCOC(=O)NCCCCCCNC(=O)Nc1nc(C)cc(=O)[nH]1. The van der Waals surface area contributed by atoms with Crippen LogP contribution in [0.5, 0.6) is 0 Å². The van der Waals surface area contributed by atoms with Crippen molar-refractivity contribution in [1.29, 1.82) is 0 Å². The summed E-state index contributed by atoms with van der Waals surface area (Å²) in [6.07, 6.45) is 7.04. The third kappa shape index (κ3) is 53.3. The summed E-state index contributed by atoms with van der Waals surface area (Å²) in [4.78, 5) is 153. The Hall–Kier alpha value is -9.42. The van der Waals surface area contributed by atoms with Crippen molar-refractivity contribution in [1.82, 2.24) is 41.2 Å². The third-order valence-corrected chi connectivity index (χ3v) is 16.0. The van der Waals surface area contributed by atoms with Gasteiger partial charge in [0.15, 0.2) is 0 Å². The lowest BCUT2D eigenvalue weighted by Gasteiger charge is -2.38. The van der Waals surface area contributed by atoms with Gasteiger partial charge >= 0.3 is 54.1 Å². The number of H-pyrrole nitrogens is 2. The molecule has 2 heterocycles. The molecule has 2 aromatic carbocycles. The Balaban J connectivity index is 0.00000146. The van der Waals surface area contributed by atoms with Crippen molar-refractivity contribution < 1.29 is 101 Å². The Morgan fingerprint density at radius 1 is 0.469 bits per heavy atom. The largest absolute Gasteiger partial charge is 0.463 e. The van der Waals surface area contributed by atoms with Crippen LogP contribution >= 0.6 is 31.9 Å². The molecule has 0 saturated carbocycles. The van der Waals surface area contributed by atoms with E-state index >= 15 is 0 Å². The normalized spacial score (nSPS) is 11.6. The predicted molar refractivity (Wildman–Crippen MR) is 432 cm³/mol. The smallest absolute Gasteiger partial charge is 0.407 e. The second-order valence-electron chi connectivity index (χ2n) is 27.0. The lowest BCUT2D eigenvalue weighted by Crippen LogP contribution is -2.44. The number of esters is 5. The lowest BCUT2D eigenvalue weighted by molar-refractivity contribution is -0.165. The fraction of sp³-hybridized carbons (Fsp3) is 0.564. The second kappa shape index (κ2) is 59.3. The number of Topliss-reactive ketones (excluding diaryl/α,β-unsaturated/α-hetero) is 1. The van der Waals surface area contributed by atoms with E-state index in [1.54, 1.807) is 69.2 Å². The van der Waals surface area contributed by atoms with Gasteiger partial charge in [0, 0.05) is 67.5 Å². The monoisotopic (exact) mass is 1720 g/mol. The molecule has 0 aliphatic carbocycles. The maximum Gasteiger partial charge on any atom is 0.407 e. The minimum absolute atomic E-state index is 0.0473. The molecule has 0 aliphatic heterocycles. The summed E-state index contributed by atoms with van der Waals surface area (Å²) in [5.41, 5.74) is 0.793. The molecule has 10 N–H and O–H groups in total. The van der Waals surface area contributed by atoms with Crippen LogP contribution in [0, 0.1) is 24.7 Å². The van der Waals surface area contributed by atoms with Crippen molar-refractivity contribution in [2.24, 2.45) is 10.8 Å². The highest BCUT2D eigenvalue weighted by molar-refractivity contribution is 9.10. The zero-order chi connectivity index (χ0) is 85.3. The van der Waals surface area contributed by atoms with Crippen LogP contribution in [0.4, 0.5) is 31.1 Å².